The Balaban J connectivity index is 2.07. The van der Waals surface area contributed by atoms with Crippen molar-refractivity contribution in [3.63, 3.8) is 0 Å². The van der Waals surface area contributed by atoms with Crippen LogP contribution in [0, 0.1) is 0 Å². The molecule has 0 aliphatic heterocycles. The third-order valence-corrected chi connectivity index (χ3v) is 4.35. The number of fused-ring (bicyclic) bond motifs is 3. The van der Waals surface area contributed by atoms with Crippen LogP contribution >= 0.6 is 0 Å². The molecule has 1 atom stereocenters. The molecule has 3 rings (SSSR count). The Morgan fingerprint density at radius 1 is 1.10 bits per heavy atom. The van der Waals surface area contributed by atoms with E-state index in [1.54, 1.807) is 0 Å². The predicted octanol–water partition coefficient (Wildman–Crippen LogP) is 2.32. The Bertz CT molecular complexity index is 822. The van der Waals surface area contributed by atoms with Crippen LogP contribution in [0.1, 0.15) is 5.56 Å². The number of carbonyl (C=O) groups is 1. The van der Waals surface area contributed by atoms with Gasteiger partial charge in [0.15, 0.2) is 0 Å². The van der Waals surface area contributed by atoms with Crippen molar-refractivity contribution in [1.82, 2.24) is 0 Å². The minimum atomic E-state index is -1.31. The number of primary amides is 1. The van der Waals surface area contributed by atoms with E-state index in [0.717, 1.165) is 27.5 Å². The van der Waals surface area contributed by atoms with E-state index in [9.17, 15) is 9.00 Å². The summed E-state index contributed by atoms with van der Waals surface area (Å²) in [5.74, 6) is -0.420. The fourth-order valence-electron chi connectivity index (χ4n) is 2.30. The van der Waals surface area contributed by atoms with Crippen LogP contribution in [-0.4, -0.2) is 15.9 Å². The molecule has 0 saturated carbocycles. The van der Waals surface area contributed by atoms with Crippen LogP contribution in [0.4, 0.5) is 0 Å². The van der Waals surface area contributed by atoms with Crippen molar-refractivity contribution in [2.24, 2.45) is 5.73 Å². The number of carbonyl (C=O) groups excluding carboxylic acids is 1. The molecule has 0 bridgehead atoms. The average molecular weight is 287 g/mol. The first-order valence-electron chi connectivity index (χ1n) is 6.17. The summed E-state index contributed by atoms with van der Waals surface area (Å²) in [6, 6.07) is 13.5. The van der Waals surface area contributed by atoms with Gasteiger partial charge in [0, 0.05) is 27.1 Å². The molecular weight excluding hydrogens is 274 g/mol. The van der Waals surface area contributed by atoms with Gasteiger partial charge in [-0.1, -0.05) is 36.4 Å². The summed E-state index contributed by atoms with van der Waals surface area (Å²) in [7, 11) is -1.31. The zero-order valence-corrected chi connectivity index (χ0v) is 11.5. The molecule has 1 unspecified atom stereocenters. The molecule has 4 nitrogen and oxygen atoms in total. The van der Waals surface area contributed by atoms with Gasteiger partial charge < -0.3 is 10.2 Å². The van der Waals surface area contributed by atoms with Gasteiger partial charge in [-0.2, -0.15) is 0 Å². The molecule has 0 spiro atoms. The van der Waals surface area contributed by atoms with E-state index in [4.69, 9.17) is 10.2 Å². The minimum absolute atomic E-state index is 0.128. The van der Waals surface area contributed by atoms with Gasteiger partial charge in [-0.15, -0.1) is 0 Å². The lowest BCUT2D eigenvalue weighted by molar-refractivity contribution is -0.115. The summed E-state index contributed by atoms with van der Waals surface area (Å²) in [6.07, 6.45) is 0. The molecule has 1 amide bonds. The molecule has 0 aliphatic carbocycles. The summed E-state index contributed by atoms with van der Waals surface area (Å²) in [5.41, 5.74) is 7.43. The number of benzene rings is 2. The van der Waals surface area contributed by atoms with Crippen molar-refractivity contribution in [3.8, 4) is 0 Å². The zero-order chi connectivity index (χ0) is 14.1. The zero-order valence-electron chi connectivity index (χ0n) is 10.7. The highest BCUT2D eigenvalue weighted by Gasteiger charge is 2.13. The van der Waals surface area contributed by atoms with Gasteiger partial charge in [0.2, 0.25) is 5.91 Å². The first-order chi connectivity index (χ1) is 9.65. The van der Waals surface area contributed by atoms with Crippen LogP contribution in [0.3, 0.4) is 0 Å². The maximum atomic E-state index is 11.9. The maximum Gasteiger partial charge on any atom is 0.230 e. The number of hydrogen-bond donors (Lipinski definition) is 1. The standard InChI is InChI=1S/C15H13NO3S/c16-14(17)9-20(18)8-10-4-3-6-12-11-5-1-2-7-13(11)19-15(10)12/h1-7H,8-9H2,(H2,16,17). The minimum Gasteiger partial charge on any atom is -0.456 e. The maximum absolute atomic E-state index is 11.9. The van der Waals surface area contributed by atoms with E-state index < -0.39 is 16.7 Å². The van der Waals surface area contributed by atoms with Gasteiger partial charge in [0.05, 0.1) is 5.75 Å². The summed E-state index contributed by atoms with van der Waals surface area (Å²) >= 11 is 0. The summed E-state index contributed by atoms with van der Waals surface area (Å²) < 4.78 is 17.7. The Labute approximate surface area is 118 Å². The molecule has 20 heavy (non-hydrogen) atoms. The molecule has 2 aromatic carbocycles. The lowest BCUT2D eigenvalue weighted by atomic mass is 10.1. The van der Waals surface area contributed by atoms with E-state index in [1.807, 2.05) is 42.5 Å². The van der Waals surface area contributed by atoms with Crippen LogP contribution in [0.5, 0.6) is 0 Å². The van der Waals surface area contributed by atoms with Gasteiger partial charge in [0.25, 0.3) is 0 Å². The Morgan fingerprint density at radius 3 is 2.65 bits per heavy atom. The molecule has 0 radical (unpaired) electrons. The van der Waals surface area contributed by atoms with Gasteiger partial charge in [0.1, 0.15) is 16.9 Å². The Kier molecular flexibility index (Phi) is 3.28. The SMILES string of the molecule is NC(=O)CS(=O)Cc1cccc2c1oc1ccccc12. The van der Waals surface area contributed by atoms with Crippen LogP contribution in [0.15, 0.2) is 46.9 Å². The van der Waals surface area contributed by atoms with Crippen molar-refractivity contribution < 1.29 is 13.4 Å². The lowest BCUT2D eigenvalue weighted by Crippen LogP contribution is -2.20. The second kappa shape index (κ2) is 5.09. The number of furan rings is 1. The summed E-state index contributed by atoms with van der Waals surface area (Å²) in [5, 5.41) is 2.03. The van der Waals surface area contributed by atoms with E-state index in [1.165, 1.54) is 0 Å². The van der Waals surface area contributed by atoms with Crippen LogP contribution in [-0.2, 0) is 21.3 Å². The van der Waals surface area contributed by atoms with Crippen LogP contribution < -0.4 is 5.73 Å². The van der Waals surface area contributed by atoms with E-state index in [-0.39, 0.29) is 11.5 Å². The third-order valence-electron chi connectivity index (χ3n) is 3.11. The van der Waals surface area contributed by atoms with Crippen molar-refractivity contribution in [1.29, 1.82) is 0 Å². The molecule has 3 aromatic rings. The monoisotopic (exact) mass is 287 g/mol. The first kappa shape index (κ1) is 12.9. The Morgan fingerprint density at radius 2 is 1.85 bits per heavy atom. The molecule has 0 aliphatic rings. The smallest absolute Gasteiger partial charge is 0.230 e. The molecule has 1 aromatic heterocycles. The summed E-state index contributed by atoms with van der Waals surface area (Å²) in [6.45, 7) is 0. The number of para-hydroxylation sites is 2. The molecular formula is C15H13NO3S. The summed E-state index contributed by atoms with van der Waals surface area (Å²) in [4.78, 5) is 10.8. The second-order valence-corrected chi connectivity index (χ2v) is 6.04. The fourth-order valence-corrected chi connectivity index (χ4v) is 3.30. The van der Waals surface area contributed by atoms with E-state index in [2.05, 4.69) is 0 Å². The van der Waals surface area contributed by atoms with Crippen molar-refractivity contribution >= 4 is 38.6 Å². The molecule has 0 fully saturated rings. The number of amides is 1. The Hall–Kier alpha value is -2.14. The topological polar surface area (TPSA) is 73.3 Å². The normalized spacial score (nSPS) is 12.8. The highest BCUT2D eigenvalue weighted by Crippen LogP contribution is 2.31. The van der Waals surface area contributed by atoms with Crippen molar-refractivity contribution in [3.05, 3.63) is 48.0 Å². The molecule has 1 heterocycles. The first-order valence-corrected chi connectivity index (χ1v) is 7.66. The highest BCUT2D eigenvalue weighted by molar-refractivity contribution is 7.84. The molecule has 5 heteroatoms. The molecule has 0 saturated heterocycles. The largest absolute Gasteiger partial charge is 0.456 e. The number of nitrogens with two attached hydrogens (primary N) is 1. The van der Waals surface area contributed by atoms with Gasteiger partial charge in [-0.05, 0) is 6.07 Å². The highest BCUT2D eigenvalue weighted by atomic mass is 32.2. The van der Waals surface area contributed by atoms with E-state index >= 15 is 0 Å². The van der Waals surface area contributed by atoms with Gasteiger partial charge in [-0.3, -0.25) is 9.00 Å². The predicted molar refractivity (Wildman–Crippen MR) is 79.6 cm³/mol. The van der Waals surface area contributed by atoms with Crippen LogP contribution in [0.2, 0.25) is 0 Å². The molecule has 102 valence electrons. The van der Waals surface area contributed by atoms with Gasteiger partial charge >= 0.3 is 0 Å². The quantitative estimate of drug-likeness (QED) is 0.800. The second-order valence-electron chi connectivity index (χ2n) is 4.59. The van der Waals surface area contributed by atoms with Crippen molar-refractivity contribution in [2.75, 3.05) is 5.75 Å². The average Bonchev–Trinajstić information content (AvgIpc) is 2.78. The molecule has 2 N–H and O–H groups in total. The fraction of sp³-hybridized carbons (Fsp3) is 0.133. The van der Waals surface area contributed by atoms with Gasteiger partial charge in [-0.25, -0.2) is 0 Å². The lowest BCUT2D eigenvalue weighted by Gasteiger charge is -2.01. The van der Waals surface area contributed by atoms with Crippen LogP contribution in [0.25, 0.3) is 21.9 Å². The van der Waals surface area contributed by atoms with Crippen molar-refractivity contribution in [2.45, 2.75) is 5.75 Å². The number of rotatable bonds is 4. The van der Waals surface area contributed by atoms with E-state index in [0.29, 0.717) is 0 Å². The number of hydrogen-bond acceptors (Lipinski definition) is 3. The third kappa shape index (κ3) is 2.32.